The highest BCUT2D eigenvalue weighted by molar-refractivity contribution is 5.95. The maximum absolute atomic E-state index is 13.6. The van der Waals surface area contributed by atoms with Gasteiger partial charge in [0, 0.05) is 36.4 Å². The number of phenols is 1. The number of hydrogen-bond donors (Lipinski definition) is 9. The second kappa shape index (κ2) is 15.9. The van der Waals surface area contributed by atoms with Gasteiger partial charge in [0.1, 0.15) is 23.9 Å². The van der Waals surface area contributed by atoms with E-state index in [1.54, 1.807) is 18.3 Å². The molecule has 0 spiro atoms. The highest BCUT2D eigenvalue weighted by Crippen LogP contribution is 2.19. The summed E-state index contributed by atoms with van der Waals surface area (Å²) in [5.74, 6) is -5.44. The van der Waals surface area contributed by atoms with Gasteiger partial charge in [0.15, 0.2) is 0 Å². The summed E-state index contributed by atoms with van der Waals surface area (Å²) in [6.07, 6.45) is 0.577. The van der Waals surface area contributed by atoms with E-state index in [0.717, 1.165) is 16.5 Å². The maximum Gasteiger partial charge on any atom is 0.326 e. The predicted octanol–water partition coefficient (Wildman–Crippen LogP) is -0.944. The zero-order chi connectivity index (χ0) is 33.1. The summed E-state index contributed by atoms with van der Waals surface area (Å²) in [6, 6.07) is 8.09. The molecule has 1 heterocycles. The van der Waals surface area contributed by atoms with Gasteiger partial charge in [0.2, 0.25) is 29.5 Å². The summed E-state index contributed by atoms with van der Waals surface area (Å²) < 4.78 is 0. The van der Waals surface area contributed by atoms with Crippen molar-refractivity contribution in [3.63, 3.8) is 0 Å². The zero-order valence-electron chi connectivity index (χ0n) is 24.3. The number of carboxylic acid groups (broad SMARTS) is 1. The van der Waals surface area contributed by atoms with Gasteiger partial charge in [-0.2, -0.15) is 0 Å². The Balaban J connectivity index is 1.80. The third-order valence-corrected chi connectivity index (χ3v) is 7.07. The molecule has 1 aromatic heterocycles. The van der Waals surface area contributed by atoms with E-state index in [1.165, 1.54) is 12.1 Å². The Morgan fingerprint density at radius 3 is 1.91 bits per heavy atom. The van der Waals surface area contributed by atoms with Crippen LogP contribution in [-0.2, 0) is 41.6 Å². The van der Waals surface area contributed by atoms with Crippen LogP contribution in [0.3, 0.4) is 0 Å². The smallest absolute Gasteiger partial charge is 0.326 e. The Morgan fingerprint density at radius 2 is 1.29 bits per heavy atom. The normalized spacial score (nSPS) is 13.6. The molecule has 0 saturated heterocycles. The van der Waals surface area contributed by atoms with Gasteiger partial charge in [-0.1, -0.05) is 30.3 Å². The number of nitrogens with two attached hydrogens (primary N) is 3. The molecule has 4 atom stereocenters. The number of aliphatic carboxylic acids is 1. The van der Waals surface area contributed by atoms with Crippen molar-refractivity contribution in [2.75, 3.05) is 0 Å². The number of carboxylic acids is 1. The first kappa shape index (κ1) is 34.1. The van der Waals surface area contributed by atoms with Crippen LogP contribution in [0.25, 0.3) is 10.9 Å². The monoisotopic (exact) mass is 623 g/mol. The molecule has 0 radical (unpaired) electrons. The lowest BCUT2D eigenvalue weighted by Crippen LogP contribution is -2.58. The Bertz CT molecular complexity index is 1540. The number of rotatable bonds is 17. The number of aromatic hydroxyl groups is 1. The minimum atomic E-state index is -1.51. The Morgan fingerprint density at radius 1 is 0.733 bits per heavy atom. The highest BCUT2D eigenvalue weighted by atomic mass is 16.4. The lowest BCUT2D eigenvalue weighted by molar-refractivity contribution is -0.142. The first-order chi connectivity index (χ1) is 21.3. The molecule has 4 unspecified atom stereocenters. The number of phenolic OH excluding ortho intramolecular Hbond substituents is 1. The van der Waals surface area contributed by atoms with Crippen LogP contribution >= 0.6 is 0 Å². The van der Waals surface area contributed by atoms with Crippen LogP contribution < -0.4 is 33.2 Å². The lowest BCUT2D eigenvalue weighted by atomic mass is 10.0. The number of hydrogen-bond acceptors (Lipinski definition) is 8. The quantitative estimate of drug-likeness (QED) is 0.0896. The molecule has 0 aliphatic carbocycles. The van der Waals surface area contributed by atoms with Crippen LogP contribution in [-0.4, -0.2) is 74.9 Å². The van der Waals surface area contributed by atoms with Gasteiger partial charge < -0.3 is 48.3 Å². The number of nitrogens with one attached hydrogen (secondary N) is 4. The molecule has 45 heavy (non-hydrogen) atoms. The van der Waals surface area contributed by atoms with Crippen LogP contribution in [0.2, 0.25) is 0 Å². The average molecular weight is 624 g/mol. The van der Waals surface area contributed by atoms with Crippen molar-refractivity contribution in [3.05, 3.63) is 65.9 Å². The van der Waals surface area contributed by atoms with E-state index in [4.69, 9.17) is 17.2 Å². The molecule has 3 aromatic rings. The van der Waals surface area contributed by atoms with Gasteiger partial charge in [-0.15, -0.1) is 0 Å². The zero-order valence-corrected chi connectivity index (χ0v) is 24.3. The number of para-hydroxylation sites is 1. The SMILES string of the molecule is NC(=O)CCC(NC(=O)C(CCC(N)=O)NC(=O)C(Cc1ccc(O)cc1)NC(=O)C(N)Cc1c[nH]c2ccccc12)C(=O)O. The number of carbonyl (C=O) groups excluding carboxylic acids is 5. The third kappa shape index (κ3) is 10.4. The van der Waals surface area contributed by atoms with E-state index in [0.29, 0.717) is 5.56 Å². The first-order valence-corrected chi connectivity index (χ1v) is 14.1. The molecular weight excluding hydrogens is 586 g/mol. The lowest BCUT2D eigenvalue weighted by Gasteiger charge is -2.25. The molecule has 0 bridgehead atoms. The molecule has 12 N–H and O–H groups in total. The standard InChI is InChI=1S/C30H37N7O8/c31-20(14-17-15-34-21-4-2-1-3-19(17)21)27(41)37-24(13-16-5-7-18(38)8-6-16)29(43)35-22(9-11-25(32)39)28(42)36-23(30(44)45)10-12-26(33)40/h1-8,15,20,22-24,34,38H,9-14,31H2,(H2,32,39)(H2,33,40)(H,35,43)(H,36,42)(H,37,41)(H,44,45). The molecule has 3 rings (SSSR count). The summed E-state index contributed by atoms with van der Waals surface area (Å²) in [6.45, 7) is 0. The summed E-state index contributed by atoms with van der Waals surface area (Å²) in [5, 5.41) is 27.4. The van der Waals surface area contributed by atoms with E-state index in [-0.39, 0.29) is 44.3 Å². The molecule has 0 saturated carbocycles. The van der Waals surface area contributed by atoms with Gasteiger partial charge >= 0.3 is 5.97 Å². The van der Waals surface area contributed by atoms with Crippen LogP contribution in [0.15, 0.2) is 54.7 Å². The number of primary amides is 2. The number of aromatic amines is 1. The Hall–Kier alpha value is -5.44. The maximum atomic E-state index is 13.6. The first-order valence-electron chi connectivity index (χ1n) is 14.1. The molecule has 2 aromatic carbocycles. The summed E-state index contributed by atoms with van der Waals surface area (Å²) in [5.41, 5.74) is 18.8. The fourth-order valence-electron chi connectivity index (χ4n) is 4.63. The molecule has 15 nitrogen and oxygen atoms in total. The topological polar surface area (TPSA) is 273 Å². The second-order valence-corrected chi connectivity index (χ2v) is 10.6. The number of benzene rings is 2. The van der Waals surface area contributed by atoms with Gasteiger partial charge in [-0.05, 0) is 48.6 Å². The van der Waals surface area contributed by atoms with E-state index >= 15 is 0 Å². The molecule has 0 aliphatic rings. The van der Waals surface area contributed by atoms with E-state index < -0.39 is 59.7 Å². The molecule has 240 valence electrons. The summed E-state index contributed by atoms with van der Waals surface area (Å²) in [7, 11) is 0. The van der Waals surface area contributed by atoms with Crippen molar-refractivity contribution in [1.29, 1.82) is 0 Å². The largest absolute Gasteiger partial charge is 0.508 e. The fourth-order valence-corrected chi connectivity index (χ4v) is 4.63. The Kier molecular flexibility index (Phi) is 12.0. The minimum absolute atomic E-state index is 0.0166. The molecular formula is C30H37N7O8. The molecule has 0 aliphatic heterocycles. The van der Waals surface area contributed by atoms with Crippen molar-refractivity contribution < 1.29 is 39.0 Å². The van der Waals surface area contributed by atoms with Gasteiger partial charge in [-0.3, -0.25) is 24.0 Å². The van der Waals surface area contributed by atoms with Crippen LogP contribution in [0, 0.1) is 0 Å². The number of fused-ring (bicyclic) bond motifs is 1. The summed E-state index contributed by atoms with van der Waals surface area (Å²) >= 11 is 0. The van der Waals surface area contributed by atoms with Crippen molar-refractivity contribution in [2.24, 2.45) is 17.2 Å². The van der Waals surface area contributed by atoms with Gasteiger partial charge in [0.05, 0.1) is 6.04 Å². The fraction of sp³-hybridized carbons (Fsp3) is 0.333. The number of amides is 5. The number of carbonyl (C=O) groups is 6. The van der Waals surface area contributed by atoms with Gasteiger partial charge in [0.25, 0.3) is 0 Å². The van der Waals surface area contributed by atoms with E-state index in [9.17, 15) is 39.0 Å². The van der Waals surface area contributed by atoms with Crippen molar-refractivity contribution >= 4 is 46.4 Å². The molecule has 5 amide bonds. The van der Waals surface area contributed by atoms with Crippen LogP contribution in [0.5, 0.6) is 5.75 Å². The summed E-state index contributed by atoms with van der Waals surface area (Å²) in [4.78, 5) is 77.3. The second-order valence-electron chi connectivity index (χ2n) is 10.6. The van der Waals surface area contributed by atoms with Crippen LogP contribution in [0.4, 0.5) is 0 Å². The third-order valence-electron chi connectivity index (χ3n) is 7.07. The predicted molar refractivity (Wildman–Crippen MR) is 162 cm³/mol. The van der Waals surface area contributed by atoms with E-state index in [1.807, 2.05) is 24.3 Å². The van der Waals surface area contributed by atoms with E-state index in [2.05, 4.69) is 20.9 Å². The number of aromatic nitrogens is 1. The highest BCUT2D eigenvalue weighted by Gasteiger charge is 2.31. The van der Waals surface area contributed by atoms with Gasteiger partial charge in [-0.25, -0.2) is 4.79 Å². The Labute approximate surface area is 257 Å². The molecule has 15 heteroatoms. The average Bonchev–Trinajstić information content (AvgIpc) is 3.39. The minimum Gasteiger partial charge on any atom is -0.508 e. The van der Waals surface area contributed by atoms with Crippen molar-refractivity contribution in [3.8, 4) is 5.75 Å². The van der Waals surface area contributed by atoms with Crippen molar-refractivity contribution in [1.82, 2.24) is 20.9 Å². The molecule has 0 fully saturated rings. The van der Waals surface area contributed by atoms with Crippen LogP contribution in [0.1, 0.15) is 36.8 Å². The number of H-pyrrole nitrogens is 1. The van der Waals surface area contributed by atoms with Crippen molar-refractivity contribution in [2.45, 2.75) is 62.7 Å².